The molecule has 96 valence electrons. The largest absolute Gasteiger partial charge is 0.480 e. The van der Waals surface area contributed by atoms with Gasteiger partial charge in [-0.2, -0.15) is 4.72 Å². The molecule has 1 rings (SSSR count). The van der Waals surface area contributed by atoms with Gasteiger partial charge in [0, 0.05) is 5.56 Å². The zero-order chi connectivity index (χ0) is 13.8. The zero-order valence-corrected chi connectivity index (χ0v) is 9.86. The molecule has 0 aliphatic carbocycles. The predicted octanol–water partition coefficient (Wildman–Crippen LogP) is 0.406. The van der Waals surface area contributed by atoms with Gasteiger partial charge in [0.1, 0.15) is 6.54 Å². The third-order valence-electron chi connectivity index (χ3n) is 1.96. The Kier molecular flexibility index (Phi) is 4.23. The average molecular weight is 270 g/mol. The quantitative estimate of drug-likeness (QED) is 0.349. The van der Waals surface area contributed by atoms with Gasteiger partial charge >= 0.3 is 5.97 Å². The third-order valence-corrected chi connectivity index (χ3v) is 3.38. The Morgan fingerprint density at radius 3 is 2.33 bits per heavy atom. The van der Waals surface area contributed by atoms with Gasteiger partial charge in [-0.05, 0) is 24.3 Å². The Morgan fingerprint density at radius 1 is 1.33 bits per heavy atom. The first-order chi connectivity index (χ1) is 8.36. The second kappa shape index (κ2) is 5.47. The maximum Gasteiger partial charge on any atom is 0.318 e. The summed E-state index contributed by atoms with van der Waals surface area (Å²) in [7, 11) is -3.88. The van der Waals surface area contributed by atoms with E-state index in [4.69, 9.17) is 16.0 Å². The number of carboxylic acid groups (broad SMARTS) is 1. The van der Waals surface area contributed by atoms with E-state index in [1.165, 1.54) is 24.3 Å². The molecule has 0 saturated carbocycles. The van der Waals surface area contributed by atoms with Gasteiger partial charge in [0.2, 0.25) is 10.0 Å². The minimum Gasteiger partial charge on any atom is -0.480 e. The van der Waals surface area contributed by atoms with Gasteiger partial charge in [-0.15, -0.1) is 5.11 Å². The molecule has 0 aliphatic rings. The number of carboxylic acids is 1. The van der Waals surface area contributed by atoms with Crippen LogP contribution in [0.2, 0.25) is 0 Å². The van der Waals surface area contributed by atoms with Crippen molar-refractivity contribution in [1.29, 1.82) is 10.9 Å². The summed E-state index contributed by atoms with van der Waals surface area (Å²) in [6.07, 6.45) is 0. The molecule has 0 bridgehead atoms. The maximum atomic E-state index is 11.6. The van der Waals surface area contributed by atoms with E-state index < -0.39 is 22.5 Å². The molecule has 8 nitrogen and oxygen atoms in total. The van der Waals surface area contributed by atoms with Crippen molar-refractivity contribution in [2.24, 2.45) is 5.11 Å². The number of nitrogens with one attached hydrogen (secondary N) is 3. The number of sulfonamides is 1. The van der Waals surface area contributed by atoms with E-state index in [9.17, 15) is 13.2 Å². The van der Waals surface area contributed by atoms with Crippen molar-refractivity contribution in [1.82, 2.24) is 4.72 Å². The normalized spacial score (nSPS) is 10.9. The molecule has 1 aromatic carbocycles. The van der Waals surface area contributed by atoms with Crippen LogP contribution in [0.3, 0.4) is 0 Å². The van der Waals surface area contributed by atoms with Crippen LogP contribution in [0.25, 0.3) is 0 Å². The summed E-state index contributed by atoms with van der Waals surface area (Å²) in [5.41, 5.74) is 6.93. The third kappa shape index (κ3) is 3.43. The lowest BCUT2D eigenvalue weighted by Gasteiger charge is -2.05. The summed E-state index contributed by atoms with van der Waals surface area (Å²) in [5, 5.41) is 18.5. The Labute approximate surface area is 103 Å². The first-order valence-corrected chi connectivity index (χ1v) is 6.13. The number of aliphatic carboxylic acids is 1. The molecular weight excluding hydrogens is 260 g/mol. The fourth-order valence-electron chi connectivity index (χ4n) is 1.10. The van der Waals surface area contributed by atoms with Gasteiger partial charge in [-0.3, -0.25) is 10.2 Å². The fraction of sp³-hybridized carbons (Fsp3) is 0.111. The summed E-state index contributed by atoms with van der Waals surface area (Å²) in [6, 6.07) is 5.05. The number of nitrogens with zero attached hydrogens (tertiary/aromatic N) is 1. The van der Waals surface area contributed by atoms with Crippen LogP contribution in [-0.4, -0.2) is 31.9 Å². The monoisotopic (exact) mass is 270 g/mol. The number of carbonyl (C=O) groups is 1. The lowest BCUT2D eigenvalue weighted by Crippen LogP contribution is -2.29. The van der Waals surface area contributed by atoms with E-state index in [0.717, 1.165) is 0 Å². The van der Waals surface area contributed by atoms with Crippen LogP contribution < -0.4 is 4.72 Å². The van der Waals surface area contributed by atoms with Crippen molar-refractivity contribution in [2.75, 3.05) is 6.54 Å². The molecular formula is C9H10N4O4S. The topological polar surface area (TPSA) is 144 Å². The van der Waals surface area contributed by atoms with Crippen LogP contribution in [0, 0.1) is 10.9 Å². The standard InChI is InChI=1S/C9H10N4O4S/c10-9(13-11)6-1-3-7(4-2-6)18(16,17)12-5-8(14)15/h1-4,10-12H,5H2,(H,14,15). The van der Waals surface area contributed by atoms with E-state index in [1.54, 1.807) is 0 Å². The van der Waals surface area contributed by atoms with Crippen molar-refractivity contribution in [3.63, 3.8) is 0 Å². The highest BCUT2D eigenvalue weighted by Gasteiger charge is 2.15. The molecule has 18 heavy (non-hydrogen) atoms. The van der Waals surface area contributed by atoms with E-state index in [0.29, 0.717) is 5.56 Å². The van der Waals surface area contributed by atoms with Crippen LogP contribution >= 0.6 is 0 Å². The average Bonchev–Trinajstić information content (AvgIpc) is 2.36. The van der Waals surface area contributed by atoms with Gasteiger partial charge in [0.05, 0.1) is 4.90 Å². The van der Waals surface area contributed by atoms with Crippen molar-refractivity contribution in [3.05, 3.63) is 29.8 Å². The van der Waals surface area contributed by atoms with Crippen molar-refractivity contribution in [2.45, 2.75) is 4.90 Å². The molecule has 0 heterocycles. The van der Waals surface area contributed by atoms with Gasteiger partial charge in [-0.1, -0.05) is 0 Å². The second-order valence-corrected chi connectivity index (χ2v) is 4.97. The minimum absolute atomic E-state index is 0.120. The smallest absolute Gasteiger partial charge is 0.318 e. The number of hydrogen-bond donors (Lipinski definition) is 4. The van der Waals surface area contributed by atoms with E-state index in [-0.39, 0.29) is 10.7 Å². The molecule has 0 fully saturated rings. The van der Waals surface area contributed by atoms with Gasteiger partial charge in [0.25, 0.3) is 0 Å². The molecule has 0 radical (unpaired) electrons. The highest BCUT2D eigenvalue weighted by molar-refractivity contribution is 7.89. The van der Waals surface area contributed by atoms with E-state index >= 15 is 0 Å². The molecule has 0 spiro atoms. The number of benzene rings is 1. The van der Waals surface area contributed by atoms with Crippen LogP contribution in [0.15, 0.2) is 34.3 Å². The molecule has 0 unspecified atom stereocenters. The number of hydrogen-bond acceptors (Lipinski definition) is 5. The minimum atomic E-state index is -3.88. The molecule has 4 N–H and O–H groups in total. The summed E-state index contributed by atoms with van der Waals surface area (Å²) >= 11 is 0. The Balaban J connectivity index is 2.94. The van der Waals surface area contributed by atoms with Gasteiger partial charge < -0.3 is 5.11 Å². The molecule has 1 aromatic rings. The van der Waals surface area contributed by atoms with Crippen molar-refractivity contribution >= 4 is 21.8 Å². The van der Waals surface area contributed by atoms with E-state index in [2.05, 4.69) is 5.11 Å². The van der Waals surface area contributed by atoms with Crippen LogP contribution in [0.4, 0.5) is 0 Å². The van der Waals surface area contributed by atoms with Gasteiger partial charge in [-0.25, -0.2) is 13.9 Å². The van der Waals surface area contributed by atoms with Crippen molar-refractivity contribution in [3.8, 4) is 0 Å². The first-order valence-electron chi connectivity index (χ1n) is 4.65. The van der Waals surface area contributed by atoms with Crippen LogP contribution in [0.1, 0.15) is 5.56 Å². The zero-order valence-electron chi connectivity index (χ0n) is 9.04. The molecule has 0 saturated heterocycles. The first kappa shape index (κ1) is 13.9. The molecule has 0 atom stereocenters. The Morgan fingerprint density at radius 2 is 1.89 bits per heavy atom. The summed E-state index contributed by atoms with van der Waals surface area (Å²) in [4.78, 5) is 10.2. The lowest BCUT2D eigenvalue weighted by molar-refractivity contribution is -0.135. The van der Waals surface area contributed by atoms with Crippen molar-refractivity contribution < 1.29 is 18.3 Å². The fourth-order valence-corrected chi connectivity index (χ4v) is 2.07. The Bertz CT molecular complexity index is 579. The number of rotatable bonds is 5. The molecule has 0 amide bonds. The summed E-state index contributed by atoms with van der Waals surface area (Å²) < 4.78 is 25.1. The van der Waals surface area contributed by atoms with Crippen LogP contribution in [-0.2, 0) is 14.8 Å². The molecule has 0 aliphatic heterocycles. The highest BCUT2D eigenvalue weighted by atomic mass is 32.2. The SMILES string of the molecule is N=NC(=N)c1ccc(S(=O)(=O)NCC(=O)O)cc1. The predicted molar refractivity (Wildman–Crippen MR) is 61.2 cm³/mol. The van der Waals surface area contributed by atoms with Gasteiger partial charge in [0.15, 0.2) is 5.84 Å². The lowest BCUT2D eigenvalue weighted by atomic mass is 10.2. The molecule has 9 heteroatoms. The summed E-state index contributed by atoms with van der Waals surface area (Å²) in [5.74, 6) is -1.58. The molecule has 0 aromatic heterocycles. The Hall–Kier alpha value is -2.13. The summed E-state index contributed by atoms with van der Waals surface area (Å²) in [6.45, 7) is -0.706. The van der Waals surface area contributed by atoms with E-state index in [1.807, 2.05) is 4.72 Å². The number of amidine groups is 1. The highest BCUT2D eigenvalue weighted by Crippen LogP contribution is 2.11. The van der Waals surface area contributed by atoms with Crippen LogP contribution in [0.5, 0.6) is 0 Å². The maximum absolute atomic E-state index is 11.6. The second-order valence-electron chi connectivity index (χ2n) is 3.20.